The van der Waals surface area contributed by atoms with Crippen LogP contribution in [0.25, 0.3) is 0 Å². The van der Waals surface area contributed by atoms with Gasteiger partial charge in [0.25, 0.3) is 0 Å². The van der Waals surface area contributed by atoms with Crippen molar-refractivity contribution >= 4 is 11.6 Å². The van der Waals surface area contributed by atoms with Gasteiger partial charge in [-0.2, -0.15) is 0 Å². The summed E-state index contributed by atoms with van der Waals surface area (Å²) in [4.78, 5) is 0. The predicted molar refractivity (Wildman–Crippen MR) is 80.4 cm³/mol. The molecule has 0 bridgehead atoms. The molecule has 0 heterocycles. The Hall–Kier alpha value is -0.570. The molecule has 2 atom stereocenters. The SMILES string of the molecule is NCC(c1ccccc1Cl)C(O)CC1CCCCC1. The number of nitrogens with two attached hydrogens (primary N) is 1. The molecule has 0 radical (unpaired) electrons. The molecule has 2 nitrogen and oxygen atoms in total. The highest BCUT2D eigenvalue weighted by Gasteiger charge is 2.25. The van der Waals surface area contributed by atoms with Crippen LogP contribution in [0, 0.1) is 5.92 Å². The Bertz CT molecular complexity index is 390. The second kappa shape index (κ2) is 7.28. The number of halogens is 1. The molecule has 19 heavy (non-hydrogen) atoms. The van der Waals surface area contributed by atoms with Gasteiger partial charge in [-0.05, 0) is 24.0 Å². The van der Waals surface area contributed by atoms with Crippen LogP contribution in [0.2, 0.25) is 5.02 Å². The third kappa shape index (κ3) is 3.95. The zero-order valence-electron chi connectivity index (χ0n) is 11.4. The molecular formula is C16H24ClNO. The summed E-state index contributed by atoms with van der Waals surface area (Å²) in [7, 11) is 0. The van der Waals surface area contributed by atoms with E-state index >= 15 is 0 Å². The number of hydrogen-bond donors (Lipinski definition) is 2. The van der Waals surface area contributed by atoms with Crippen molar-refractivity contribution in [3.8, 4) is 0 Å². The van der Waals surface area contributed by atoms with E-state index in [1.807, 2.05) is 24.3 Å². The van der Waals surface area contributed by atoms with E-state index in [1.165, 1.54) is 32.1 Å². The Morgan fingerprint density at radius 2 is 1.89 bits per heavy atom. The van der Waals surface area contributed by atoms with Crippen molar-refractivity contribution in [3.63, 3.8) is 0 Å². The summed E-state index contributed by atoms with van der Waals surface area (Å²) in [6.45, 7) is 0.442. The van der Waals surface area contributed by atoms with E-state index in [-0.39, 0.29) is 12.0 Å². The van der Waals surface area contributed by atoms with Crippen LogP contribution in [0.3, 0.4) is 0 Å². The third-order valence-corrected chi connectivity index (χ3v) is 4.67. The Morgan fingerprint density at radius 1 is 1.21 bits per heavy atom. The smallest absolute Gasteiger partial charge is 0.0624 e. The minimum atomic E-state index is -0.381. The molecule has 1 aliphatic carbocycles. The first kappa shape index (κ1) is 14.8. The fourth-order valence-corrected chi connectivity index (χ4v) is 3.47. The zero-order chi connectivity index (χ0) is 13.7. The maximum Gasteiger partial charge on any atom is 0.0624 e. The van der Waals surface area contributed by atoms with Crippen LogP contribution in [0.15, 0.2) is 24.3 Å². The number of benzene rings is 1. The fourth-order valence-electron chi connectivity index (χ4n) is 3.20. The summed E-state index contributed by atoms with van der Waals surface area (Å²) in [6, 6.07) is 7.71. The van der Waals surface area contributed by atoms with Crippen molar-refractivity contribution in [2.45, 2.75) is 50.5 Å². The summed E-state index contributed by atoms with van der Waals surface area (Å²) in [5.41, 5.74) is 6.84. The minimum absolute atomic E-state index is 0.0457. The molecule has 0 aromatic heterocycles. The maximum absolute atomic E-state index is 10.5. The number of hydrogen-bond acceptors (Lipinski definition) is 2. The predicted octanol–water partition coefficient (Wildman–Crippen LogP) is 3.71. The molecule has 2 unspecified atom stereocenters. The highest BCUT2D eigenvalue weighted by Crippen LogP contribution is 2.33. The van der Waals surface area contributed by atoms with Gasteiger partial charge in [0.05, 0.1) is 6.10 Å². The summed E-state index contributed by atoms with van der Waals surface area (Å²) >= 11 is 6.22. The molecule has 1 saturated carbocycles. The van der Waals surface area contributed by atoms with E-state index in [1.54, 1.807) is 0 Å². The molecule has 1 aliphatic rings. The highest BCUT2D eigenvalue weighted by atomic mass is 35.5. The lowest BCUT2D eigenvalue weighted by atomic mass is 9.81. The summed E-state index contributed by atoms with van der Waals surface area (Å²) in [6.07, 6.45) is 6.92. The highest BCUT2D eigenvalue weighted by molar-refractivity contribution is 6.31. The third-order valence-electron chi connectivity index (χ3n) is 4.32. The fraction of sp³-hybridized carbons (Fsp3) is 0.625. The Labute approximate surface area is 121 Å². The van der Waals surface area contributed by atoms with Crippen LogP contribution in [0.1, 0.15) is 50.0 Å². The molecule has 0 saturated heterocycles. The van der Waals surface area contributed by atoms with Crippen LogP contribution in [-0.4, -0.2) is 17.8 Å². The largest absolute Gasteiger partial charge is 0.392 e. The van der Waals surface area contributed by atoms with Crippen LogP contribution >= 0.6 is 11.6 Å². The minimum Gasteiger partial charge on any atom is -0.392 e. The standard InChI is InChI=1S/C16H24ClNO/c17-15-9-5-4-8-13(15)14(11-18)16(19)10-12-6-2-1-3-7-12/h4-5,8-9,12,14,16,19H,1-3,6-7,10-11,18H2. The molecule has 1 aromatic carbocycles. The van der Waals surface area contributed by atoms with Gasteiger partial charge in [0, 0.05) is 17.5 Å². The molecule has 0 spiro atoms. The van der Waals surface area contributed by atoms with Crippen LogP contribution in [0.4, 0.5) is 0 Å². The van der Waals surface area contributed by atoms with Crippen molar-refractivity contribution in [2.75, 3.05) is 6.54 Å². The number of aliphatic hydroxyl groups excluding tert-OH is 1. The monoisotopic (exact) mass is 281 g/mol. The van der Waals surface area contributed by atoms with E-state index in [2.05, 4.69) is 0 Å². The van der Waals surface area contributed by atoms with Crippen molar-refractivity contribution < 1.29 is 5.11 Å². The number of aliphatic hydroxyl groups is 1. The Morgan fingerprint density at radius 3 is 2.53 bits per heavy atom. The zero-order valence-corrected chi connectivity index (χ0v) is 12.1. The molecule has 106 valence electrons. The Kier molecular flexibility index (Phi) is 5.68. The van der Waals surface area contributed by atoms with Gasteiger partial charge >= 0.3 is 0 Å². The van der Waals surface area contributed by atoms with Gasteiger partial charge in [-0.1, -0.05) is 61.9 Å². The van der Waals surface area contributed by atoms with Crippen LogP contribution in [-0.2, 0) is 0 Å². The lowest BCUT2D eigenvalue weighted by Crippen LogP contribution is -2.28. The van der Waals surface area contributed by atoms with E-state index in [9.17, 15) is 5.11 Å². The van der Waals surface area contributed by atoms with Crippen molar-refractivity contribution in [3.05, 3.63) is 34.9 Å². The van der Waals surface area contributed by atoms with Gasteiger partial charge in [0.2, 0.25) is 0 Å². The maximum atomic E-state index is 10.5. The summed E-state index contributed by atoms with van der Waals surface area (Å²) < 4.78 is 0. The van der Waals surface area contributed by atoms with Gasteiger partial charge in [-0.3, -0.25) is 0 Å². The lowest BCUT2D eigenvalue weighted by molar-refractivity contribution is 0.106. The average Bonchev–Trinajstić information content (AvgIpc) is 2.43. The molecule has 3 heteroatoms. The second-order valence-electron chi connectivity index (χ2n) is 5.67. The Balaban J connectivity index is 2.02. The van der Waals surface area contributed by atoms with Crippen LogP contribution < -0.4 is 5.73 Å². The second-order valence-corrected chi connectivity index (χ2v) is 6.08. The summed E-state index contributed by atoms with van der Waals surface area (Å²) in [5, 5.41) is 11.2. The molecule has 2 rings (SSSR count). The first-order valence-corrected chi connectivity index (χ1v) is 7.72. The molecule has 1 aromatic rings. The van der Waals surface area contributed by atoms with Crippen molar-refractivity contribution in [2.24, 2.45) is 11.7 Å². The van der Waals surface area contributed by atoms with Gasteiger partial charge < -0.3 is 10.8 Å². The van der Waals surface area contributed by atoms with Crippen molar-refractivity contribution in [1.29, 1.82) is 0 Å². The first-order valence-electron chi connectivity index (χ1n) is 7.35. The van der Waals surface area contributed by atoms with E-state index in [4.69, 9.17) is 17.3 Å². The molecule has 3 N–H and O–H groups in total. The topological polar surface area (TPSA) is 46.2 Å². The van der Waals surface area contributed by atoms with Gasteiger partial charge in [-0.15, -0.1) is 0 Å². The first-order chi connectivity index (χ1) is 9.22. The molecule has 0 aliphatic heterocycles. The number of rotatable bonds is 5. The molecule has 1 fully saturated rings. The van der Waals surface area contributed by atoms with Gasteiger partial charge in [0.1, 0.15) is 0 Å². The normalized spacial score (nSPS) is 20.2. The van der Waals surface area contributed by atoms with E-state index in [0.29, 0.717) is 17.5 Å². The molecule has 0 amide bonds. The van der Waals surface area contributed by atoms with Gasteiger partial charge in [0.15, 0.2) is 0 Å². The lowest BCUT2D eigenvalue weighted by Gasteiger charge is -2.28. The van der Waals surface area contributed by atoms with Crippen molar-refractivity contribution in [1.82, 2.24) is 0 Å². The van der Waals surface area contributed by atoms with E-state index < -0.39 is 0 Å². The van der Waals surface area contributed by atoms with Gasteiger partial charge in [-0.25, -0.2) is 0 Å². The van der Waals surface area contributed by atoms with E-state index in [0.717, 1.165) is 12.0 Å². The summed E-state index contributed by atoms with van der Waals surface area (Å²) in [5.74, 6) is 0.607. The average molecular weight is 282 g/mol. The quantitative estimate of drug-likeness (QED) is 0.864. The molecular weight excluding hydrogens is 258 g/mol. The van der Waals surface area contributed by atoms with Crippen LogP contribution in [0.5, 0.6) is 0 Å².